The summed E-state index contributed by atoms with van der Waals surface area (Å²) in [5, 5.41) is 13.0. The second-order valence-electron chi connectivity index (χ2n) is 5.85. The highest BCUT2D eigenvalue weighted by Crippen LogP contribution is 2.24. The first-order chi connectivity index (χ1) is 12.8. The van der Waals surface area contributed by atoms with Gasteiger partial charge in [0.15, 0.2) is 5.76 Å². The van der Waals surface area contributed by atoms with Crippen LogP contribution in [0.3, 0.4) is 0 Å². The lowest BCUT2D eigenvalue weighted by Gasteiger charge is -2.24. The monoisotopic (exact) mass is 395 g/mol. The Bertz CT molecular complexity index is 978. The van der Waals surface area contributed by atoms with Gasteiger partial charge in [0.1, 0.15) is 0 Å². The van der Waals surface area contributed by atoms with Crippen molar-refractivity contribution in [3.63, 3.8) is 0 Å². The number of sulfonamides is 1. The third-order valence-corrected chi connectivity index (χ3v) is 5.82. The normalized spacial score (nSPS) is 15.4. The minimum atomic E-state index is -3.86. The fourth-order valence-electron chi connectivity index (χ4n) is 2.54. The topological polar surface area (TPSA) is 132 Å². The Morgan fingerprint density at radius 2 is 1.93 bits per heavy atom. The number of nitrogens with zero attached hydrogens (tertiary/aromatic N) is 2. The zero-order valence-corrected chi connectivity index (χ0v) is 15.2. The number of morpholine rings is 1. The average molecular weight is 395 g/mol. The van der Waals surface area contributed by atoms with Crippen LogP contribution in [0.15, 0.2) is 39.8 Å². The Morgan fingerprint density at radius 1 is 1.22 bits per heavy atom. The van der Waals surface area contributed by atoms with Crippen LogP contribution in [0.25, 0.3) is 0 Å². The molecule has 0 atom stereocenters. The number of ether oxygens (including phenoxy) is 1. The molecule has 0 saturated carbocycles. The van der Waals surface area contributed by atoms with Gasteiger partial charge < -0.3 is 14.5 Å². The fourth-order valence-corrected chi connectivity index (χ4v) is 3.86. The molecule has 27 heavy (non-hydrogen) atoms. The van der Waals surface area contributed by atoms with E-state index in [1.807, 2.05) is 0 Å². The van der Waals surface area contributed by atoms with Gasteiger partial charge in [0.05, 0.1) is 23.8 Å². The van der Waals surface area contributed by atoms with Crippen molar-refractivity contribution in [1.29, 1.82) is 0 Å². The number of carbonyl (C=O) groups excluding carboxylic acids is 1. The standard InChI is InChI=1S/C16H17N3O7S/c1-11-2-3-12(19(21)22)10-13(11)17-16(20)14-4-5-15(26-14)27(23,24)18-6-8-25-9-7-18/h2-5,10H,6-9H2,1H3,(H,17,20). The van der Waals surface area contributed by atoms with E-state index in [2.05, 4.69) is 5.32 Å². The summed E-state index contributed by atoms with van der Waals surface area (Å²) in [6.07, 6.45) is 0. The van der Waals surface area contributed by atoms with Gasteiger partial charge in [-0.3, -0.25) is 14.9 Å². The summed E-state index contributed by atoms with van der Waals surface area (Å²) in [6.45, 7) is 2.67. The van der Waals surface area contributed by atoms with Gasteiger partial charge in [-0.05, 0) is 24.6 Å². The molecule has 10 nitrogen and oxygen atoms in total. The van der Waals surface area contributed by atoms with Gasteiger partial charge in [0.2, 0.25) is 5.09 Å². The highest BCUT2D eigenvalue weighted by atomic mass is 32.2. The van der Waals surface area contributed by atoms with Crippen molar-refractivity contribution in [2.24, 2.45) is 0 Å². The van der Waals surface area contributed by atoms with Gasteiger partial charge in [0, 0.05) is 25.2 Å². The number of hydrogen-bond acceptors (Lipinski definition) is 7. The molecule has 0 aliphatic carbocycles. The summed E-state index contributed by atoms with van der Waals surface area (Å²) >= 11 is 0. The minimum Gasteiger partial charge on any atom is -0.438 e. The quantitative estimate of drug-likeness (QED) is 0.603. The highest BCUT2D eigenvalue weighted by molar-refractivity contribution is 7.89. The molecule has 0 bridgehead atoms. The van der Waals surface area contributed by atoms with E-state index in [9.17, 15) is 23.3 Å². The maximum atomic E-state index is 12.5. The molecule has 3 rings (SSSR count). The maximum Gasteiger partial charge on any atom is 0.291 e. The van der Waals surface area contributed by atoms with Crippen LogP contribution in [0.2, 0.25) is 0 Å². The summed E-state index contributed by atoms with van der Waals surface area (Å²) in [5.41, 5.74) is 0.677. The predicted octanol–water partition coefficient (Wildman–Crippen LogP) is 1.77. The smallest absolute Gasteiger partial charge is 0.291 e. The predicted molar refractivity (Wildman–Crippen MR) is 94.1 cm³/mol. The van der Waals surface area contributed by atoms with E-state index in [-0.39, 0.29) is 35.3 Å². The highest BCUT2D eigenvalue weighted by Gasteiger charge is 2.30. The van der Waals surface area contributed by atoms with Crippen molar-refractivity contribution in [1.82, 2.24) is 4.31 Å². The van der Waals surface area contributed by atoms with Crippen LogP contribution < -0.4 is 5.32 Å². The van der Waals surface area contributed by atoms with Crippen molar-refractivity contribution in [3.8, 4) is 0 Å². The number of anilines is 1. The minimum absolute atomic E-state index is 0.175. The van der Waals surface area contributed by atoms with E-state index in [0.717, 1.165) is 0 Å². The Hall–Kier alpha value is -2.76. The van der Waals surface area contributed by atoms with Crippen molar-refractivity contribution < 1.29 is 27.3 Å². The molecular formula is C16H17N3O7S. The summed E-state index contributed by atoms with van der Waals surface area (Å²) < 4.78 is 36.6. The van der Waals surface area contributed by atoms with E-state index in [1.54, 1.807) is 6.92 Å². The molecule has 0 unspecified atom stereocenters. The number of amides is 1. The fraction of sp³-hybridized carbons (Fsp3) is 0.312. The first kappa shape index (κ1) is 19.0. The number of non-ortho nitro benzene ring substituents is 1. The number of nitrogens with one attached hydrogen (secondary N) is 1. The van der Waals surface area contributed by atoms with Crippen LogP contribution >= 0.6 is 0 Å². The molecular weight excluding hydrogens is 378 g/mol. The molecule has 0 spiro atoms. The molecule has 0 radical (unpaired) electrons. The molecule has 1 aliphatic heterocycles. The van der Waals surface area contributed by atoms with E-state index in [1.165, 1.54) is 34.6 Å². The van der Waals surface area contributed by atoms with Crippen LogP contribution in [0.4, 0.5) is 11.4 Å². The third kappa shape index (κ3) is 3.99. The van der Waals surface area contributed by atoms with Crippen LogP contribution in [0.1, 0.15) is 16.1 Å². The van der Waals surface area contributed by atoms with Gasteiger partial charge in [-0.15, -0.1) is 0 Å². The second kappa shape index (κ2) is 7.47. The number of aryl methyl sites for hydroxylation is 1. The lowest BCUT2D eigenvalue weighted by atomic mass is 10.2. The van der Waals surface area contributed by atoms with Gasteiger partial charge in [-0.25, -0.2) is 8.42 Å². The summed E-state index contributed by atoms with van der Waals surface area (Å²) in [4.78, 5) is 22.7. The molecule has 1 saturated heterocycles. The summed E-state index contributed by atoms with van der Waals surface area (Å²) in [7, 11) is -3.86. The van der Waals surface area contributed by atoms with E-state index in [4.69, 9.17) is 9.15 Å². The second-order valence-corrected chi connectivity index (χ2v) is 7.71. The number of benzene rings is 1. The van der Waals surface area contributed by atoms with E-state index < -0.39 is 20.9 Å². The molecule has 1 aromatic carbocycles. The number of furan rings is 1. The SMILES string of the molecule is Cc1ccc([N+](=O)[O-])cc1NC(=O)c1ccc(S(=O)(=O)N2CCOCC2)o1. The van der Waals surface area contributed by atoms with E-state index in [0.29, 0.717) is 18.8 Å². The third-order valence-electron chi connectivity index (χ3n) is 4.05. The molecule has 1 aliphatic rings. The van der Waals surface area contributed by atoms with Crippen molar-refractivity contribution in [2.75, 3.05) is 31.6 Å². The molecule has 144 valence electrons. The Balaban J connectivity index is 1.79. The van der Waals surface area contributed by atoms with Crippen LogP contribution in [-0.2, 0) is 14.8 Å². The lowest BCUT2D eigenvalue weighted by molar-refractivity contribution is -0.384. The first-order valence-corrected chi connectivity index (χ1v) is 9.47. The number of nitro benzene ring substituents is 1. The number of carbonyl (C=O) groups is 1. The van der Waals surface area contributed by atoms with Gasteiger partial charge >= 0.3 is 0 Å². The van der Waals surface area contributed by atoms with Gasteiger partial charge in [-0.2, -0.15) is 4.31 Å². The largest absolute Gasteiger partial charge is 0.438 e. The maximum absolute atomic E-state index is 12.5. The van der Waals surface area contributed by atoms with Gasteiger partial charge in [0.25, 0.3) is 21.6 Å². The molecule has 1 fully saturated rings. The summed E-state index contributed by atoms with van der Waals surface area (Å²) in [5.74, 6) is -0.922. The Morgan fingerprint density at radius 3 is 2.59 bits per heavy atom. The molecule has 1 amide bonds. The Kier molecular flexibility index (Phi) is 5.26. The Labute approximate surface area is 154 Å². The van der Waals surface area contributed by atoms with Crippen molar-refractivity contribution in [3.05, 3.63) is 51.8 Å². The average Bonchev–Trinajstić information content (AvgIpc) is 3.15. The van der Waals surface area contributed by atoms with Crippen molar-refractivity contribution >= 4 is 27.3 Å². The van der Waals surface area contributed by atoms with Crippen LogP contribution in [0.5, 0.6) is 0 Å². The van der Waals surface area contributed by atoms with Crippen molar-refractivity contribution in [2.45, 2.75) is 12.0 Å². The molecule has 1 N–H and O–H groups in total. The zero-order chi connectivity index (χ0) is 19.6. The number of nitro groups is 1. The van der Waals surface area contributed by atoms with Crippen LogP contribution in [0, 0.1) is 17.0 Å². The number of hydrogen-bond donors (Lipinski definition) is 1. The van der Waals surface area contributed by atoms with Gasteiger partial charge in [-0.1, -0.05) is 6.07 Å². The zero-order valence-electron chi connectivity index (χ0n) is 14.4. The number of rotatable bonds is 5. The molecule has 2 aromatic rings. The molecule has 11 heteroatoms. The lowest BCUT2D eigenvalue weighted by Crippen LogP contribution is -2.40. The molecule has 1 aromatic heterocycles. The summed E-state index contributed by atoms with van der Waals surface area (Å²) in [6, 6.07) is 6.51. The van der Waals surface area contributed by atoms with E-state index >= 15 is 0 Å². The first-order valence-electron chi connectivity index (χ1n) is 8.03. The van der Waals surface area contributed by atoms with Crippen LogP contribution in [-0.4, -0.2) is 49.9 Å². The molecule has 2 heterocycles.